The van der Waals surface area contributed by atoms with E-state index in [-0.39, 0.29) is 11.5 Å². The second-order valence-electron chi connectivity index (χ2n) is 4.48. The van der Waals surface area contributed by atoms with Crippen LogP contribution in [0, 0.1) is 0 Å². The second-order valence-corrected chi connectivity index (χ2v) is 6.31. The standard InChI is InChI=1S/C16H14Br2N2O2/c17-13-3-1-11(15(21)7-13)9-19-5-6-20-10-12-2-4-14(18)8-16(12)22/h1-4,7-10,21-22H,5-6H2/b19-9+,20-10+. The lowest BCUT2D eigenvalue weighted by Gasteiger charge is -1.99. The predicted octanol–water partition coefficient (Wildman–Crippen LogP) is 4.16. The summed E-state index contributed by atoms with van der Waals surface area (Å²) < 4.78 is 1.64. The zero-order valence-corrected chi connectivity index (χ0v) is 14.7. The lowest BCUT2D eigenvalue weighted by molar-refractivity contribution is 0.473. The highest BCUT2D eigenvalue weighted by Crippen LogP contribution is 2.21. The molecule has 0 aliphatic carbocycles. The molecule has 0 aliphatic rings. The third-order valence-corrected chi connectivity index (χ3v) is 3.79. The Bertz CT molecular complexity index is 654. The van der Waals surface area contributed by atoms with E-state index < -0.39 is 0 Å². The molecule has 6 heteroatoms. The highest BCUT2D eigenvalue weighted by Gasteiger charge is 1.99. The Morgan fingerprint density at radius 3 is 1.55 bits per heavy atom. The van der Waals surface area contributed by atoms with Gasteiger partial charge in [0.05, 0.1) is 13.1 Å². The van der Waals surface area contributed by atoms with Crippen molar-refractivity contribution in [3.8, 4) is 11.5 Å². The fourth-order valence-electron chi connectivity index (χ4n) is 1.69. The van der Waals surface area contributed by atoms with E-state index >= 15 is 0 Å². The molecule has 0 fully saturated rings. The van der Waals surface area contributed by atoms with Crippen molar-refractivity contribution in [2.45, 2.75) is 0 Å². The number of hydrogen-bond acceptors (Lipinski definition) is 4. The molecule has 0 amide bonds. The van der Waals surface area contributed by atoms with Crippen molar-refractivity contribution in [1.29, 1.82) is 0 Å². The predicted molar refractivity (Wildman–Crippen MR) is 96.5 cm³/mol. The Kier molecular flexibility index (Phi) is 6.15. The van der Waals surface area contributed by atoms with Crippen molar-refractivity contribution in [2.75, 3.05) is 13.1 Å². The Balaban J connectivity index is 1.86. The minimum atomic E-state index is 0.182. The van der Waals surface area contributed by atoms with Gasteiger partial charge in [-0.15, -0.1) is 0 Å². The van der Waals surface area contributed by atoms with Gasteiger partial charge >= 0.3 is 0 Å². The molecule has 0 radical (unpaired) electrons. The first-order chi connectivity index (χ1) is 10.6. The average Bonchev–Trinajstić information content (AvgIpc) is 2.46. The van der Waals surface area contributed by atoms with E-state index in [1.54, 1.807) is 36.7 Å². The van der Waals surface area contributed by atoms with Crippen molar-refractivity contribution in [3.63, 3.8) is 0 Å². The molecule has 0 atom stereocenters. The molecule has 0 saturated carbocycles. The average molecular weight is 426 g/mol. The van der Waals surface area contributed by atoms with Crippen LogP contribution in [0.5, 0.6) is 11.5 Å². The maximum atomic E-state index is 9.71. The van der Waals surface area contributed by atoms with E-state index in [1.807, 2.05) is 12.1 Å². The van der Waals surface area contributed by atoms with Crippen LogP contribution in [0.3, 0.4) is 0 Å². The quantitative estimate of drug-likeness (QED) is 0.557. The monoisotopic (exact) mass is 424 g/mol. The van der Waals surface area contributed by atoms with Crippen molar-refractivity contribution >= 4 is 44.3 Å². The molecule has 2 aromatic rings. The van der Waals surface area contributed by atoms with E-state index in [0.29, 0.717) is 24.2 Å². The fourth-order valence-corrected chi connectivity index (χ4v) is 2.39. The highest BCUT2D eigenvalue weighted by molar-refractivity contribution is 9.10. The SMILES string of the molecule is Oc1cc(Br)ccc1/C=N/CC/N=C/c1ccc(Br)cc1O. The van der Waals surface area contributed by atoms with Gasteiger partial charge in [0.2, 0.25) is 0 Å². The summed E-state index contributed by atoms with van der Waals surface area (Å²) in [6.07, 6.45) is 3.24. The van der Waals surface area contributed by atoms with Crippen LogP contribution >= 0.6 is 31.9 Å². The molecule has 4 nitrogen and oxygen atoms in total. The van der Waals surface area contributed by atoms with Gasteiger partial charge in [0.1, 0.15) is 11.5 Å². The van der Waals surface area contributed by atoms with Gasteiger partial charge in [-0.2, -0.15) is 0 Å². The van der Waals surface area contributed by atoms with E-state index in [0.717, 1.165) is 8.95 Å². The molecule has 114 valence electrons. The van der Waals surface area contributed by atoms with Crippen LogP contribution < -0.4 is 0 Å². The number of benzene rings is 2. The van der Waals surface area contributed by atoms with Crippen LogP contribution in [0.15, 0.2) is 55.3 Å². The number of nitrogens with zero attached hydrogens (tertiary/aromatic N) is 2. The van der Waals surface area contributed by atoms with Crippen LogP contribution in [0.2, 0.25) is 0 Å². The normalized spacial score (nSPS) is 11.5. The summed E-state index contributed by atoms with van der Waals surface area (Å²) in [5, 5.41) is 19.4. The molecule has 0 spiro atoms. The first-order valence-electron chi connectivity index (χ1n) is 6.53. The third-order valence-electron chi connectivity index (χ3n) is 2.80. The molecular weight excluding hydrogens is 412 g/mol. The number of rotatable bonds is 5. The second kappa shape index (κ2) is 8.10. The first-order valence-corrected chi connectivity index (χ1v) is 8.11. The van der Waals surface area contributed by atoms with Gasteiger partial charge in [-0.3, -0.25) is 9.98 Å². The number of halogens is 2. The summed E-state index contributed by atoms with van der Waals surface area (Å²) in [5.74, 6) is 0.364. The number of aromatic hydroxyl groups is 2. The first kappa shape index (κ1) is 16.7. The summed E-state index contributed by atoms with van der Waals surface area (Å²) >= 11 is 6.57. The molecule has 0 aliphatic heterocycles. The smallest absolute Gasteiger partial charge is 0.125 e. The molecule has 2 N–H and O–H groups in total. The van der Waals surface area contributed by atoms with Crippen LogP contribution in [0.25, 0.3) is 0 Å². The van der Waals surface area contributed by atoms with Gasteiger partial charge in [0, 0.05) is 32.5 Å². The Hall–Kier alpha value is -1.66. The van der Waals surface area contributed by atoms with Crippen molar-refractivity contribution < 1.29 is 10.2 Å². The van der Waals surface area contributed by atoms with Gasteiger partial charge in [0.25, 0.3) is 0 Å². The van der Waals surface area contributed by atoms with Crippen LogP contribution in [-0.4, -0.2) is 35.7 Å². The molecule has 0 heterocycles. The fraction of sp³-hybridized carbons (Fsp3) is 0.125. The van der Waals surface area contributed by atoms with E-state index in [2.05, 4.69) is 41.8 Å². The molecule has 2 aromatic carbocycles. The number of aliphatic imine (C=N–C) groups is 2. The maximum absolute atomic E-state index is 9.71. The Morgan fingerprint density at radius 2 is 1.18 bits per heavy atom. The third kappa shape index (κ3) is 4.96. The Morgan fingerprint density at radius 1 is 0.773 bits per heavy atom. The van der Waals surface area contributed by atoms with E-state index in [4.69, 9.17) is 0 Å². The van der Waals surface area contributed by atoms with Crippen LogP contribution in [0.1, 0.15) is 11.1 Å². The van der Waals surface area contributed by atoms with Crippen molar-refractivity contribution in [3.05, 3.63) is 56.5 Å². The minimum absolute atomic E-state index is 0.182. The van der Waals surface area contributed by atoms with Gasteiger partial charge in [-0.05, 0) is 36.4 Å². The van der Waals surface area contributed by atoms with Crippen molar-refractivity contribution in [2.24, 2.45) is 9.98 Å². The van der Waals surface area contributed by atoms with Crippen LogP contribution in [-0.2, 0) is 0 Å². The lowest BCUT2D eigenvalue weighted by atomic mass is 10.2. The largest absolute Gasteiger partial charge is 0.507 e. The minimum Gasteiger partial charge on any atom is -0.507 e. The molecule has 0 aromatic heterocycles. The number of phenols is 2. The summed E-state index contributed by atoms with van der Waals surface area (Å²) in [5.41, 5.74) is 1.33. The summed E-state index contributed by atoms with van der Waals surface area (Å²) in [6, 6.07) is 10.5. The molecule has 2 rings (SSSR count). The molecular formula is C16H14Br2N2O2. The zero-order chi connectivity index (χ0) is 15.9. The number of hydrogen-bond donors (Lipinski definition) is 2. The Labute approximate surface area is 145 Å². The molecule has 22 heavy (non-hydrogen) atoms. The maximum Gasteiger partial charge on any atom is 0.125 e. The van der Waals surface area contributed by atoms with Gasteiger partial charge < -0.3 is 10.2 Å². The van der Waals surface area contributed by atoms with E-state index in [1.165, 1.54) is 0 Å². The van der Waals surface area contributed by atoms with E-state index in [9.17, 15) is 10.2 Å². The molecule has 0 bridgehead atoms. The zero-order valence-electron chi connectivity index (χ0n) is 11.6. The van der Waals surface area contributed by atoms with Crippen molar-refractivity contribution in [1.82, 2.24) is 0 Å². The van der Waals surface area contributed by atoms with Crippen LogP contribution in [0.4, 0.5) is 0 Å². The molecule has 0 saturated heterocycles. The summed E-state index contributed by atoms with van der Waals surface area (Å²) in [6.45, 7) is 1.01. The van der Waals surface area contributed by atoms with Gasteiger partial charge in [0.15, 0.2) is 0 Å². The van der Waals surface area contributed by atoms with Gasteiger partial charge in [-0.1, -0.05) is 31.9 Å². The summed E-state index contributed by atoms with van der Waals surface area (Å²) in [4.78, 5) is 8.43. The number of phenolic OH excluding ortho intramolecular Hbond substituents is 2. The lowest BCUT2D eigenvalue weighted by Crippen LogP contribution is -1.91. The molecule has 0 unspecified atom stereocenters. The topological polar surface area (TPSA) is 65.2 Å². The van der Waals surface area contributed by atoms with Gasteiger partial charge in [-0.25, -0.2) is 0 Å². The highest BCUT2D eigenvalue weighted by atomic mass is 79.9. The summed E-state index contributed by atoms with van der Waals surface area (Å²) in [7, 11) is 0.